The van der Waals surface area contributed by atoms with Crippen molar-refractivity contribution in [1.29, 1.82) is 5.26 Å². The quantitative estimate of drug-likeness (QED) is 0.470. The Morgan fingerprint density at radius 3 is 2.45 bits per heavy atom. The third kappa shape index (κ3) is 3.67. The fourth-order valence-electron chi connectivity index (χ4n) is 4.07. The van der Waals surface area contributed by atoms with Gasteiger partial charge in [0.15, 0.2) is 0 Å². The van der Waals surface area contributed by atoms with E-state index >= 15 is 0 Å². The third-order valence-corrected chi connectivity index (χ3v) is 5.80. The zero-order valence-corrected chi connectivity index (χ0v) is 18.8. The van der Waals surface area contributed by atoms with Gasteiger partial charge in [0.2, 0.25) is 17.5 Å². The molecule has 9 heteroatoms. The Bertz CT molecular complexity index is 1350. The first-order chi connectivity index (χ1) is 15.9. The van der Waals surface area contributed by atoms with Gasteiger partial charge in [0, 0.05) is 37.8 Å². The van der Waals surface area contributed by atoms with Crippen molar-refractivity contribution in [1.82, 2.24) is 19.5 Å². The van der Waals surface area contributed by atoms with E-state index in [-0.39, 0.29) is 11.2 Å². The van der Waals surface area contributed by atoms with Gasteiger partial charge in [-0.2, -0.15) is 10.2 Å². The zero-order valence-electron chi connectivity index (χ0n) is 18.8. The molecule has 4 aromatic rings. The summed E-state index contributed by atoms with van der Waals surface area (Å²) in [6.07, 6.45) is 3.33. The zero-order chi connectivity index (χ0) is 23.2. The molecule has 1 aromatic carbocycles. The molecule has 1 aliphatic rings. The highest BCUT2D eigenvalue weighted by molar-refractivity contribution is 5.89. The summed E-state index contributed by atoms with van der Waals surface area (Å²) >= 11 is 0. The molecule has 5 rings (SSSR count). The van der Waals surface area contributed by atoms with Crippen LogP contribution in [0.3, 0.4) is 0 Å². The number of halogens is 1. The van der Waals surface area contributed by atoms with Crippen LogP contribution in [0.5, 0.6) is 0 Å². The van der Waals surface area contributed by atoms with Crippen LogP contribution in [0.1, 0.15) is 32.4 Å². The minimum absolute atomic E-state index is 0.274. The van der Waals surface area contributed by atoms with Gasteiger partial charge in [-0.25, -0.2) is 14.4 Å². The summed E-state index contributed by atoms with van der Waals surface area (Å²) in [4.78, 5) is 17.6. The minimum atomic E-state index is -0.307. The van der Waals surface area contributed by atoms with Crippen LogP contribution in [-0.2, 0) is 5.41 Å². The van der Waals surface area contributed by atoms with E-state index in [2.05, 4.69) is 30.8 Å². The smallest absolute Gasteiger partial charge is 0.234 e. The summed E-state index contributed by atoms with van der Waals surface area (Å²) in [6, 6.07) is 10.7. The molecule has 0 atom stereocenters. The second kappa shape index (κ2) is 7.89. The maximum absolute atomic E-state index is 14.4. The predicted octanol–water partition coefficient (Wildman–Crippen LogP) is 4.04. The fraction of sp³-hybridized carbons (Fsp3) is 0.333. The van der Waals surface area contributed by atoms with Crippen LogP contribution in [0.4, 0.5) is 16.1 Å². The van der Waals surface area contributed by atoms with Crippen molar-refractivity contribution in [3.8, 4) is 11.8 Å². The van der Waals surface area contributed by atoms with Crippen molar-refractivity contribution < 1.29 is 8.81 Å². The molecule has 4 heterocycles. The molecule has 0 radical (unpaired) electrons. The first-order valence-corrected chi connectivity index (χ1v) is 10.8. The Labute approximate surface area is 190 Å². The van der Waals surface area contributed by atoms with E-state index in [1.807, 2.05) is 33.0 Å². The number of fused-ring (bicyclic) bond motifs is 1. The standard InChI is InChI=1S/C24H24FN7O/c1-24(2,3)23-29-18(14-26)22(33-23)31-12-10-30(11-13-31)20-16-8-9-32(21(16)28-15-27-20)19-7-5-4-6-17(19)25/h4-9,15H,10-13H2,1-3H3. The fourth-order valence-corrected chi connectivity index (χ4v) is 4.07. The Morgan fingerprint density at radius 1 is 1.03 bits per heavy atom. The molecule has 168 valence electrons. The number of para-hydroxylation sites is 1. The number of nitrogens with zero attached hydrogens (tertiary/aromatic N) is 7. The van der Waals surface area contributed by atoms with Gasteiger partial charge in [0.25, 0.3) is 0 Å². The number of aromatic nitrogens is 4. The molecule has 8 nitrogen and oxygen atoms in total. The molecule has 0 bridgehead atoms. The van der Waals surface area contributed by atoms with Crippen LogP contribution < -0.4 is 9.80 Å². The lowest BCUT2D eigenvalue weighted by Crippen LogP contribution is -2.47. The Morgan fingerprint density at radius 2 is 1.76 bits per heavy atom. The maximum Gasteiger partial charge on any atom is 0.234 e. The Kier molecular flexibility index (Phi) is 5.01. The first kappa shape index (κ1) is 20.9. The van der Waals surface area contributed by atoms with Gasteiger partial charge >= 0.3 is 0 Å². The van der Waals surface area contributed by atoms with Gasteiger partial charge < -0.3 is 14.2 Å². The van der Waals surface area contributed by atoms with Crippen LogP contribution in [-0.4, -0.2) is 45.7 Å². The molecule has 0 aliphatic carbocycles. The number of hydrogen-bond donors (Lipinski definition) is 0. The van der Waals surface area contributed by atoms with Crippen LogP contribution in [0.2, 0.25) is 0 Å². The third-order valence-electron chi connectivity index (χ3n) is 5.80. The normalized spacial score (nSPS) is 14.6. The van der Waals surface area contributed by atoms with Gasteiger partial charge in [0.05, 0.1) is 11.1 Å². The molecule has 1 aliphatic heterocycles. The van der Waals surface area contributed by atoms with E-state index in [0.717, 1.165) is 11.2 Å². The van der Waals surface area contributed by atoms with E-state index in [1.54, 1.807) is 22.8 Å². The van der Waals surface area contributed by atoms with Gasteiger partial charge in [-0.3, -0.25) is 4.57 Å². The number of nitriles is 1. The number of hydrogen-bond acceptors (Lipinski definition) is 7. The molecule has 0 spiro atoms. The number of anilines is 2. The van der Waals surface area contributed by atoms with Crippen LogP contribution in [0.25, 0.3) is 16.7 Å². The van der Waals surface area contributed by atoms with Crippen molar-refractivity contribution in [3.63, 3.8) is 0 Å². The van der Waals surface area contributed by atoms with E-state index in [9.17, 15) is 9.65 Å². The van der Waals surface area contributed by atoms with Crippen molar-refractivity contribution in [2.24, 2.45) is 0 Å². The molecule has 3 aromatic heterocycles. The number of oxazole rings is 1. The van der Waals surface area contributed by atoms with Crippen LogP contribution in [0, 0.1) is 17.1 Å². The van der Waals surface area contributed by atoms with Crippen molar-refractivity contribution in [3.05, 3.63) is 60.3 Å². The second-order valence-electron chi connectivity index (χ2n) is 9.08. The molecule has 33 heavy (non-hydrogen) atoms. The van der Waals surface area contributed by atoms with Crippen molar-refractivity contribution in [2.45, 2.75) is 26.2 Å². The van der Waals surface area contributed by atoms with Gasteiger partial charge in [-0.15, -0.1) is 0 Å². The largest absolute Gasteiger partial charge is 0.423 e. The molecule has 0 amide bonds. The summed E-state index contributed by atoms with van der Waals surface area (Å²) in [7, 11) is 0. The van der Waals surface area contributed by atoms with Crippen LogP contribution in [0.15, 0.2) is 47.3 Å². The minimum Gasteiger partial charge on any atom is -0.423 e. The van der Waals surface area contributed by atoms with Gasteiger partial charge in [-0.05, 0) is 18.2 Å². The summed E-state index contributed by atoms with van der Waals surface area (Å²) in [5.74, 6) is 1.59. The molecular formula is C24H24FN7O. The number of piperazine rings is 1. The number of benzene rings is 1. The van der Waals surface area contributed by atoms with Gasteiger partial charge in [0.1, 0.15) is 29.7 Å². The lowest BCUT2D eigenvalue weighted by molar-refractivity contribution is 0.389. The lowest BCUT2D eigenvalue weighted by Gasteiger charge is -2.35. The van der Waals surface area contributed by atoms with E-state index < -0.39 is 0 Å². The molecule has 0 N–H and O–H groups in total. The Hall–Kier alpha value is -3.93. The van der Waals surface area contributed by atoms with E-state index in [4.69, 9.17) is 4.42 Å². The predicted molar refractivity (Wildman–Crippen MR) is 123 cm³/mol. The van der Waals surface area contributed by atoms with E-state index in [1.165, 1.54) is 12.4 Å². The average molecular weight is 446 g/mol. The first-order valence-electron chi connectivity index (χ1n) is 10.8. The molecular weight excluding hydrogens is 421 g/mol. The lowest BCUT2D eigenvalue weighted by atomic mass is 9.97. The summed E-state index contributed by atoms with van der Waals surface area (Å²) in [6.45, 7) is 8.72. The molecule has 0 saturated carbocycles. The van der Waals surface area contributed by atoms with Crippen molar-refractivity contribution >= 4 is 22.7 Å². The highest BCUT2D eigenvalue weighted by atomic mass is 19.1. The SMILES string of the molecule is CC(C)(C)c1nc(C#N)c(N2CCN(c3ncnc4c3ccn4-c3ccccc3F)CC2)o1. The summed E-state index contributed by atoms with van der Waals surface area (Å²) < 4.78 is 22.1. The van der Waals surface area contributed by atoms with Crippen molar-refractivity contribution in [2.75, 3.05) is 36.0 Å². The monoisotopic (exact) mass is 445 g/mol. The topological polar surface area (TPSA) is 87.0 Å². The Balaban J connectivity index is 1.40. The average Bonchev–Trinajstić information content (AvgIpc) is 3.44. The van der Waals surface area contributed by atoms with Crippen LogP contribution >= 0.6 is 0 Å². The second-order valence-corrected chi connectivity index (χ2v) is 9.08. The number of rotatable bonds is 3. The molecule has 1 fully saturated rings. The maximum atomic E-state index is 14.4. The molecule has 1 saturated heterocycles. The van der Waals surface area contributed by atoms with Gasteiger partial charge in [-0.1, -0.05) is 32.9 Å². The molecule has 0 unspecified atom stereocenters. The highest BCUT2D eigenvalue weighted by Crippen LogP contribution is 2.31. The summed E-state index contributed by atoms with van der Waals surface area (Å²) in [5.41, 5.74) is 1.15. The van der Waals surface area contributed by atoms with E-state index in [0.29, 0.717) is 55.0 Å². The highest BCUT2D eigenvalue weighted by Gasteiger charge is 2.29. The summed E-state index contributed by atoms with van der Waals surface area (Å²) in [5, 5.41) is 10.4.